The number of halogens is 3. The summed E-state index contributed by atoms with van der Waals surface area (Å²) >= 11 is 1.10. The third kappa shape index (κ3) is 6.27. The zero-order valence-corrected chi connectivity index (χ0v) is 18.6. The van der Waals surface area contributed by atoms with Crippen LogP contribution in [0.15, 0.2) is 47.4 Å². The van der Waals surface area contributed by atoms with Crippen LogP contribution in [0.2, 0.25) is 0 Å². The predicted octanol–water partition coefficient (Wildman–Crippen LogP) is 3.66. The van der Waals surface area contributed by atoms with Crippen molar-refractivity contribution in [2.24, 2.45) is 0 Å². The highest BCUT2D eigenvalue weighted by Gasteiger charge is 2.34. The molecular weight excluding hydrogens is 455 g/mol. The summed E-state index contributed by atoms with van der Waals surface area (Å²) in [6, 6.07) is 11.2. The van der Waals surface area contributed by atoms with Crippen LogP contribution in [0.25, 0.3) is 0 Å². The molecule has 1 atom stereocenters. The van der Waals surface area contributed by atoms with Crippen molar-refractivity contribution in [2.45, 2.75) is 35.8 Å². The maximum absolute atomic E-state index is 12.9. The maximum atomic E-state index is 12.9. The first-order chi connectivity index (χ1) is 15.8. The van der Waals surface area contributed by atoms with Gasteiger partial charge in [-0.2, -0.15) is 13.2 Å². The molecule has 10 heteroatoms. The molecule has 0 radical (unpaired) electrons. The second-order valence-electron chi connectivity index (χ2n) is 7.99. The van der Waals surface area contributed by atoms with Crippen molar-refractivity contribution in [3.63, 3.8) is 0 Å². The third-order valence-electron chi connectivity index (χ3n) is 5.52. The van der Waals surface area contributed by atoms with Crippen molar-refractivity contribution in [1.82, 2.24) is 10.2 Å². The van der Waals surface area contributed by atoms with Gasteiger partial charge in [0.1, 0.15) is 0 Å². The molecule has 0 spiro atoms. The number of ether oxygens (including phenoxy) is 1. The average Bonchev–Trinajstić information content (AvgIpc) is 2.79. The van der Waals surface area contributed by atoms with Gasteiger partial charge in [0.15, 0.2) is 0 Å². The first kappa shape index (κ1) is 23.6. The van der Waals surface area contributed by atoms with Crippen molar-refractivity contribution in [2.75, 3.05) is 31.6 Å². The Morgan fingerprint density at radius 2 is 1.82 bits per heavy atom. The van der Waals surface area contributed by atoms with Gasteiger partial charge in [0.25, 0.3) is 0 Å². The highest BCUT2D eigenvalue weighted by Crippen LogP contribution is 2.40. The number of thioether (sulfide) groups is 1. The Labute approximate surface area is 193 Å². The molecule has 0 aliphatic carbocycles. The number of nitrogens with zero attached hydrogens (tertiary/aromatic N) is 1. The van der Waals surface area contributed by atoms with E-state index < -0.39 is 22.9 Å². The summed E-state index contributed by atoms with van der Waals surface area (Å²) in [6.07, 6.45) is -4.55. The van der Waals surface area contributed by atoms with Gasteiger partial charge in [-0.25, -0.2) is 0 Å². The van der Waals surface area contributed by atoms with Gasteiger partial charge in [0, 0.05) is 37.5 Å². The number of amides is 2. The highest BCUT2D eigenvalue weighted by molar-refractivity contribution is 8.01. The molecule has 0 saturated carbocycles. The summed E-state index contributed by atoms with van der Waals surface area (Å²) in [5.41, 5.74) is 1.43. The number of carbonyl (C=O) groups excluding carboxylic acids is 2. The molecule has 1 fully saturated rings. The van der Waals surface area contributed by atoms with Gasteiger partial charge in [0.2, 0.25) is 11.8 Å². The lowest BCUT2D eigenvalue weighted by Gasteiger charge is -2.26. The van der Waals surface area contributed by atoms with Crippen molar-refractivity contribution < 1.29 is 27.5 Å². The smallest absolute Gasteiger partial charge is 0.379 e. The fourth-order valence-electron chi connectivity index (χ4n) is 3.68. The zero-order valence-electron chi connectivity index (χ0n) is 17.8. The Hall–Kier alpha value is -2.56. The molecule has 33 heavy (non-hydrogen) atoms. The van der Waals surface area contributed by atoms with E-state index in [1.165, 1.54) is 11.6 Å². The highest BCUT2D eigenvalue weighted by atomic mass is 32.2. The summed E-state index contributed by atoms with van der Waals surface area (Å²) in [4.78, 5) is 27.5. The molecule has 2 aromatic rings. The summed E-state index contributed by atoms with van der Waals surface area (Å²) in [5, 5.41) is 4.60. The van der Waals surface area contributed by atoms with Crippen molar-refractivity contribution >= 4 is 29.3 Å². The fraction of sp³-hybridized carbons (Fsp3) is 0.391. The molecule has 2 aliphatic heterocycles. The summed E-state index contributed by atoms with van der Waals surface area (Å²) in [6.45, 7) is 4.53. The number of benzene rings is 2. The first-order valence-electron chi connectivity index (χ1n) is 10.6. The van der Waals surface area contributed by atoms with Gasteiger partial charge in [-0.05, 0) is 29.3 Å². The van der Waals surface area contributed by atoms with E-state index in [2.05, 4.69) is 15.5 Å². The van der Waals surface area contributed by atoms with E-state index in [1.807, 2.05) is 24.3 Å². The van der Waals surface area contributed by atoms with Gasteiger partial charge in [-0.3, -0.25) is 14.5 Å². The Morgan fingerprint density at radius 1 is 1.12 bits per heavy atom. The topological polar surface area (TPSA) is 70.7 Å². The number of rotatable bonds is 6. The lowest BCUT2D eigenvalue weighted by atomic mass is 10.1. The van der Waals surface area contributed by atoms with Crippen LogP contribution in [0.1, 0.15) is 23.1 Å². The molecule has 0 bridgehead atoms. The summed E-state index contributed by atoms with van der Waals surface area (Å²) in [5.74, 6) is -0.773. The molecule has 1 saturated heterocycles. The Morgan fingerprint density at radius 3 is 2.52 bits per heavy atom. The Bertz CT molecular complexity index is 1010. The van der Waals surface area contributed by atoms with Crippen molar-refractivity contribution in [1.29, 1.82) is 0 Å². The van der Waals surface area contributed by atoms with Crippen LogP contribution in [0, 0.1) is 0 Å². The number of carbonyl (C=O) groups is 2. The number of morpholine rings is 1. The van der Waals surface area contributed by atoms with Crippen LogP contribution in [0.4, 0.5) is 18.9 Å². The number of hydrogen-bond acceptors (Lipinski definition) is 5. The number of hydrogen-bond donors (Lipinski definition) is 2. The number of nitrogens with one attached hydrogen (secondary N) is 2. The molecule has 2 aliphatic rings. The third-order valence-corrected chi connectivity index (χ3v) is 6.79. The standard InChI is InChI=1S/C23H24F3N3O3S/c24-23(25,26)17-5-6-19-18(11-17)28-22(31)20(33-19)12-21(30)27-13-15-1-3-16(4-2-15)14-29-7-9-32-10-8-29/h1-6,11,20H,7-10,12-14H2,(H,27,30)(H,28,31)/t20-/m0/s1. The second kappa shape index (κ2) is 10.1. The molecular formula is C23H24F3N3O3S. The van der Waals surface area contributed by atoms with Crippen LogP contribution in [0.3, 0.4) is 0 Å². The van der Waals surface area contributed by atoms with Crippen LogP contribution >= 0.6 is 11.8 Å². The van der Waals surface area contributed by atoms with Crippen molar-refractivity contribution in [3.05, 3.63) is 59.2 Å². The van der Waals surface area contributed by atoms with E-state index in [9.17, 15) is 22.8 Å². The van der Waals surface area contributed by atoms with Gasteiger partial charge >= 0.3 is 6.18 Å². The van der Waals surface area contributed by atoms with E-state index in [-0.39, 0.29) is 18.0 Å². The van der Waals surface area contributed by atoms with Crippen LogP contribution in [0.5, 0.6) is 0 Å². The van der Waals surface area contributed by atoms with Gasteiger partial charge < -0.3 is 15.4 Å². The molecule has 0 unspecified atom stereocenters. The van der Waals surface area contributed by atoms with E-state index in [0.29, 0.717) is 11.4 Å². The van der Waals surface area contributed by atoms with Crippen LogP contribution < -0.4 is 10.6 Å². The molecule has 0 aromatic heterocycles. The van der Waals surface area contributed by atoms with E-state index >= 15 is 0 Å². The molecule has 4 rings (SSSR count). The SMILES string of the molecule is O=C(C[C@@H]1Sc2ccc(C(F)(F)F)cc2NC1=O)NCc1ccc(CN2CCOCC2)cc1. The first-order valence-corrected chi connectivity index (χ1v) is 11.5. The maximum Gasteiger partial charge on any atom is 0.416 e. The monoisotopic (exact) mass is 479 g/mol. The minimum Gasteiger partial charge on any atom is -0.379 e. The molecule has 2 aromatic carbocycles. The lowest BCUT2D eigenvalue weighted by Crippen LogP contribution is -2.35. The number of fused-ring (bicyclic) bond motifs is 1. The van der Waals surface area contributed by atoms with Crippen LogP contribution in [-0.2, 0) is 33.6 Å². The minimum atomic E-state index is -4.48. The van der Waals surface area contributed by atoms with Gasteiger partial charge in [0.05, 0.1) is 29.7 Å². The second-order valence-corrected chi connectivity index (χ2v) is 9.23. The Kier molecular flexibility index (Phi) is 7.26. The summed E-state index contributed by atoms with van der Waals surface area (Å²) < 4.78 is 44.0. The van der Waals surface area contributed by atoms with Crippen LogP contribution in [-0.4, -0.2) is 48.3 Å². The van der Waals surface area contributed by atoms with Gasteiger partial charge in [-0.15, -0.1) is 11.8 Å². The normalized spacial score (nSPS) is 19.0. The van der Waals surface area contributed by atoms with Crippen molar-refractivity contribution in [3.8, 4) is 0 Å². The Balaban J connectivity index is 1.27. The van der Waals surface area contributed by atoms with Gasteiger partial charge in [-0.1, -0.05) is 24.3 Å². The van der Waals surface area contributed by atoms with E-state index in [4.69, 9.17) is 4.74 Å². The zero-order chi connectivity index (χ0) is 23.4. The largest absolute Gasteiger partial charge is 0.416 e. The summed E-state index contributed by atoms with van der Waals surface area (Å²) in [7, 11) is 0. The van der Waals surface area contributed by atoms with E-state index in [0.717, 1.165) is 62.3 Å². The molecule has 2 amide bonds. The predicted molar refractivity (Wildman–Crippen MR) is 119 cm³/mol. The molecule has 176 valence electrons. The fourth-order valence-corrected chi connectivity index (χ4v) is 4.77. The average molecular weight is 480 g/mol. The molecule has 2 heterocycles. The number of alkyl halides is 3. The quantitative estimate of drug-likeness (QED) is 0.662. The molecule has 6 nitrogen and oxygen atoms in total. The molecule has 2 N–H and O–H groups in total. The lowest BCUT2D eigenvalue weighted by molar-refractivity contribution is -0.137. The minimum absolute atomic E-state index is 0.0634. The van der Waals surface area contributed by atoms with E-state index in [1.54, 1.807) is 0 Å². The number of anilines is 1.